The Balaban J connectivity index is 2.50. The van der Waals surface area contributed by atoms with Crippen LogP contribution >= 0.6 is 34.5 Å². The van der Waals surface area contributed by atoms with Crippen LogP contribution in [0.1, 0.15) is 15.9 Å². The van der Waals surface area contributed by atoms with Crippen LogP contribution in [-0.2, 0) is 0 Å². The molecule has 0 unspecified atom stereocenters. The summed E-state index contributed by atoms with van der Waals surface area (Å²) in [6.45, 7) is 0. The molecule has 0 aliphatic carbocycles. The van der Waals surface area contributed by atoms with Crippen molar-refractivity contribution < 1.29 is 9.18 Å². The molecule has 0 saturated heterocycles. The van der Waals surface area contributed by atoms with E-state index in [9.17, 15) is 9.18 Å². The van der Waals surface area contributed by atoms with Gasteiger partial charge in [0.25, 0.3) is 0 Å². The highest BCUT2D eigenvalue weighted by Crippen LogP contribution is 2.33. The van der Waals surface area contributed by atoms with E-state index in [4.69, 9.17) is 28.9 Å². The van der Waals surface area contributed by atoms with Crippen molar-refractivity contribution in [2.75, 3.05) is 5.73 Å². The van der Waals surface area contributed by atoms with Crippen LogP contribution < -0.4 is 5.73 Å². The predicted octanol–water partition coefficient (Wildman–Crippen LogP) is 4.01. The van der Waals surface area contributed by atoms with Crippen molar-refractivity contribution in [3.8, 4) is 0 Å². The van der Waals surface area contributed by atoms with Crippen molar-refractivity contribution >= 4 is 46.0 Å². The van der Waals surface area contributed by atoms with Crippen molar-refractivity contribution in [3.05, 3.63) is 49.9 Å². The summed E-state index contributed by atoms with van der Waals surface area (Å²) in [6, 6.07) is 5.22. The van der Waals surface area contributed by atoms with E-state index < -0.39 is 11.6 Å². The molecule has 0 bridgehead atoms. The number of carbonyl (C=O) groups is 1. The SMILES string of the molecule is Nc1ccc(F)c(C(=O)c2cc(Cl)sc2Cl)c1. The first-order chi connectivity index (χ1) is 7.99. The number of carbonyl (C=O) groups excluding carboxylic acids is 1. The van der Waals surface area contributed by atoms with E-state index in [1.165, 1.54) is 18.2 Å². The van der Waals surface area contributed by atoms with E-state index in [0.29, 0.717) is 10.0 Å². The fraction of sp³-hybridized carbons (Fsp3) is 0. The molecule has 2 rings (SSSR count). The molecule has 0 aliphatic rings. The van der Waals surface area contributed by atoms with Crippen LogP contribution in [0, 0.1) is 5.82 Å². The summed E-state index contributed by atoms with van der Waals surface area (Å²) in [5, 5.41) is 0. The second-order valence-corrected chi connectivity index (χ2v) is 5.59. The van der Waals surface area contributed by atoms with Gasteiger partial charge in [0.05, 0.1) is 15.5 Å². The van der Waals surface area contributed by atoms with Crippen LogP contribution in [0.25, 0.3) is 0 Å². The fourth-order valence-electron chi connectivity index (χ4n) is 1.36. The topological polar surface area (TPSA) is 43.1 Å². The van der Waals surface area contributed by atoms with Gasteiger partial charge in [-0.05, 0) is 24.3 Å². The van der Waals surface area contributed by atoms with Crippen LogP contribution in [0.4, 0.5) is 10.1 Å². The van der Waals surface area contributed by atoms with E-state index in [0.717, 1.165) is 17.4 Å². The zero-order valence-electron chi connectivity index (χ0n) is 8.34. The Labute approximate surface area is 111 Å². The lowest BCUT2D eigenvalue weighted by Crippen LogP contribution is -2.04. The molecule has 0 amide bonds. The van der Waals surface area contributed by atoms with Crippen molar-refractivity contribution in [1.29, 1.82) is 0 Å². The van der Waals surface area contributed by atoms with E-state index in [1.54, 1.807) is 0 Å². The molecule has 1 heterocycles. The second kappa shape index (κ2) is 4.64. The first-order valence-electron chi connectivity index (χ1n) is 4.53. The maximum absolute atomic E-state index is 13.5. The summed E-state index contributed by atoms with van der Waals surface area (Å²) >= 11 is 12.6. The molecule has 88 valence electrons. The summed E-state index contributed by atoms with van der Waals surface area (Å²) < 4.78 is 14.1. The lowest BCUT2D eigenvalue weighted by Gasteiger charge is -2.02. The van der Waals surface area contributed by atoms with Gasteiger partial charge in [-0.15, -0.1) is 11.3 Å². The van der Waals surface area contributed by atoms with E-state index in [-0.39, 0.29) is 15.5 Å². The number of anilines is 1. The average Bonchev–Trinajstić information content (AvgIpc) is 2.60. The number of benzene rings is 1. The Hall–Kier alpha value is -1.10. The minimum absolute atomic E-state index is 0.110. The van der Waals surface area contributed by atoms with Crippen molar-refractivity contribution in [3.63, 3.8) is 0 Å². The number of hydrogen-bond acceptors (Lipinski definition) is 3. The maximum Gasteiger partial charge on any atom is 0.198 e. The highest BCUT2D eigenvalue weighted by atomic mass is 35.5. The van der Waals surface area contributed by atoms with Crippen LogP contribution in [-0.4, -0.2) is 5.78 Å². The number of halogens is 3. The summed E-state index contributed by atoms with van der Waals surface area (Å²) in [4.78, 5) is 12.0. The minimum atomic E-state index is -0.636. The van der Waals surface area contributed by atoms with Gasteiger partial charge in [-0.2, -0.15) is 0 Å². The number of hydrogen-bond donors (Lipinski definition) is 1. The Morgan fingerprint density at radius 3 is 2.53 bits per heavy atom. The minimum Gasteiger partial charge on any atom is -0.399 e. The maximum atomic E-state index is 13.5. The van der Waals surface area contributed by atoms with Crippen LogP contribution in [0.2, 0.25) is 8.67 Å². The third-order valence-corrected chi connectivity index (χ3v) is 3.62. The number of nitrogen functional groups attached to an aromatic ring is 1. The monoisotopic (exact) mass is 289 g/mol. The normalized spacial score (nSPS) is 10.5. The molecule has 2 aromatic rings. The summed E-state index contributed by atoms with van der Waals surface area (Å²) in [7, 11) is 0. The van der Waals surface area contributed by atoms with Crippen LogP contribution in [0.15, 0.2) is 24.3 Å². The van der Waals surface area contributed by atoms with E-state index >= 15 is 0 Å². The largest absolute Gasteiger partial charge is 0.399 e. The third kappa shape index (κ3) is 2.44. The zero-order chi connectivity index (χ0) is 12.6. The van der Waals surface area contributed by atoms with Gasteiger partial charge in [0.1, 0.15) is 10.2 Å². The average molecular weight is 290 g/mol. The van der Waals surface area contributed by atoms with Crippen LogP contribution in [0.5, 0.6) is 0 Å². The Morgan fingerprint density at radius 2 is 1.94 bits per heavy atom. The first kappa shape index (κ1) is 12.4. The molecule has 0 spiro atoms. The molecule has 0 atom stereocenters. The van der Waals surface area contributed by atoms with Gasteiger partial charge >= 0.3 is 0 Å². The molecule has 0 radical (unpaired) electrons. The first-order valence-corrected chi connectivity index (χ1v) is 6.11. The van der Waals surface area contributed by atoms with Crippen molar-refractivity contribution in [2.45, 2.75) is 0 Å². The van der Waals surface area contributed by atoms with Crippen molar-refractivity contribution in [1.82, 2.24) is 0 Å². The van der Waals surface area contributed by atoms with Crippen LogP contribution in [0.3, 0.4) is 0 Å². The third-order valence-electron chi connectivity index (χ3n) is 2.14. The molecule has 1 aromatic heterocycles. The predicted molar refractivity (Wildman–Crippen MR) is 68.6 cm³/mol. The zero-order valence-corrected chi connectivity index (χ0v) is 10.7. The summed E-state index contributed by atoms with van der Waals surface area (Å²) in [5.41, 5.74) is 5.90. The lowest BCUT2D eigenvalue weighted by atomic mass is 10.1. The van der Waals surface area contributed by atoms with Gasteiger partial charge in [-0.3, -0.25) is 4.79 Å². The molecule has 17 heavy (non-hydrogen) atoms. The Kier molecular flexibility index (Phi) is 3.38. The highest BCUT2D eigenvalue weighted by Gasteiger charge is 2.19. The second-order valence-electron chi connectivity index (χ2n) is 3.31. The van der Waals surface area contributed by atoms with E-state index in [1.807, 2.05) is 0 Å². The Morgan fingerprint density at radius 1 is 1.24 bits per heavy atom. The lowest BCUT2D eigenvalue weighted by molar-refractivity contribution is 0.103. The van der Waals surface area contributed by atoms with Gasteiger partial charge in [-0.25, -0.2) is 4.39 Å². The summed E-state index contributed by atoms with van der Waals surface area (Å²) in [5.74, 6) is -1.16. The number of thiophene rings is 1. The summed E-state index contributed by atoms with van der Waals surface area (Å²) in [6.07, 6.45) is 0. The molecule has 0 aliphatic heterocycles. The molecular weight excluding hydrogens is 284 g/mol. The molecular formula is C11H6Cl2FNOS. The molecule has 6 heteroatoms. The van der Waals surface area contributed by atoms with Crippen molar-refractivity contribution in [2.24, 2.45) is 0 Å². The molecule has 2 nitrogen and oxygen atoms in total. The molecule has 0 fully saturated rings. The Bertz CT molecular complexity index is 597. The van der Waals surface area contributed by atoms with Gasteiger partial charge in [0, 0.05) is 5.69 Å². The van der Waals surface area contributed by atoms with Gasteiger partial charge in [0.15, 0.2) is 5.78 Å². The molecule has 1 aromatic carbocycles. The molecule has 2 N–H and O–H groups in total. The number of rotatable bonds is 2. The fourth-order valence-corrected chi connectivity index (χ4v) is 2.82. The highest BCUT2D eigenvalue weighted by molar-refractivity contribution is 7.20. The number of ketones is 1. The van der Waals surface area contributed by atoms with Gasteiger partial charge in [-0.1, -0.05) is 23.2 Å². The quantitative estimate of drug-likeness (QED) is 0.671. The number of nitrogens with two attached hydrogens (primary N) is 1. The van der Waals surface area contributed by atoms with Gasteiger partial charge in [0.2, 0.25) is 0 Å². The van der Waals surface area contributed by atoms with E-state index in [2.05, 4.69) is 0 Å². The standard InChI is InChI=1S/C11H6Cl2FNOS/c12-9-4-7(11(13)17-9)10(16)6-3-5(15)1-2-8(6)14/h1-4H,15H2. The van der Waals surface area contributed by atoms with Gasteiger partial charge < -0.3 is 5.73 Å². The smallest absolute Gasteiger partial charge is 0.198 e. The molecule has 0 saturated carbocycles.